The van der Waals surface area contributed by atoms with Gasteiger partial charge in [0.15, 0.2) is 0 Å². The molecule has 0 aromatic carbocycles. The van der Waals surface area contributed by atoms with Crippen molar-refractivity contribution < 1.29 is 14.7 Å². The fraction of sp³-hybridized carbons (Fsp3) is 0.500. The standard InChI is InChI=1S/C14H16N2O3/c17-13-10-6-5-9(14(18)19)8-11(10)15-12-4-2-1-3-7-16(12)13/h5-6,8,10,12H,1-4,7H2,(H,18,19)/t10-,12-/m1/s1. The summed E-state index contributed by atoms with van der Waals surface area (Å²) in [6.07, 6.45) is 8.70. The van der Waals surface area contributed by atoms with Gasteiger partial charge in [0.1, 0.15) is 6.17 Å². The van der Waals surface area contributed by atoms with Crippen LogP contribution in [-0.4, -0.2) is 40.3 Å². The van der Waals surface area contributed by atoms with Crippen LogP contribution in [0.15, 0.2) is 28.8 Å². The molecule has 2 heterocycles. The summed E-state index contributed by atoms with van der Waals surface area (Å²) in [4.78, 5) is 29.9. The Hall–Kier alpha value is -1.91. The number of carbonyl (C=O) groups is 2. The number of carbonyl (C=O) groups excluding carboxylic acids is 1. The second kappa shape index (κ2) is 4.64. The Balaban J connectivity index is 1.96. The molecule has 2 aliphatic heterocycles. The van der Waals surface area contributed by atoms with Gasteiger partial charge in [0.2, 0.25) is 5.91 Å². The van der Waals surface area contributed by atoms with Crippen molar-refractivity contribution in [2.45, 2.75) is 31.8 Å². The van der Waals surface area contributed by atoms with Crippen LogP contribution in [0.1, 0.15) is 25.7 Å². The molecule has 0 saturated carbocycles. The lowest BCUT2D eigenvalue weighted by atomic mass is 9.91. The molecule has 1 amide bonds. The second-order valence-corrected chi connectivity index (χ2v) is 5.16. The summed E-state index contributed by atoms with van der Waals surface area (Å²) in [6, 6.07) is 0. The smallest absolute Gasteiger partial charge is 0.335 e. The number of aliphatic imine (C=N–C) groups is 1. The molecule has 100 valence electrons. The zero-order valence-electron chi connectivity index (χ0n) is 10.6. The highest BCUT2D eigenvalue weighted by atomic mass is 16.4. The first-order valence-electron chi connectivity index (χ1n) is 6.68. The van der Waals surface area contributed by atoms with E-state index in [1.165, 1.54) is 12.2 Å². The number of amides is 1. The van der Waals surface area contributed by atoms with E-state index >= 15 is 0 Å². The average molecular weight is 260 g/mol. The van der Waals surface area contributed by atoms with Crippen molar-refractivity contribution in [1.82, 2.24) is 4.90 Å². The van der Waals surface area contributed by atoms with Gasteiger partial charge < -0.3 is 10.0 Å². The van der Waals surface area contributed by atoms with E-state index in [-0.39, 0.29) is 17.6 Å². The van der Waals surface area contributed by atoms with Crippen molar-refractivity contribution in [2.24, 2.45) is 10.9 Å². The van der Waals surface area contributed by atoms with Gasteiger partial charge in [-0.25, -0.2) is 4.79 Å². The quantitative estimate of drug-likeness (QED) is 0.774. The van der Waals surface area contributed by atoms with E-state index in [9.17, 15) is 9.59 Å². The Morgan fingerprint density at radius 2 is 2.21 bits per heavy atom. The number of aliphatic carboxylic acids is 1. The number of carboxylic acids is 1. The van der Waals surface area contributed by atoms with Gasteiger partial charge >= 0.3 is 5.97 Å². The molecule has 1 N–H and O–H groups in total. The van der Waals surface area contributed by atoms with E-state index in [2.05, 4.69) is 4.99 Å². The monoisotopic (exact) mass is 260 g/mol. The van der Waals surface area contributed by atoms with E-state index in [0.29, 0.717) is 5.71 Å². The molecular formula is C14H16N2O3. The minimum atomic E-state index is -0.979. The van der Waals surface area contributed by atoms with E-state index in [4.69, 9.17) is 5.11 Å². The Labute approximate surface area is 111 Å². The third kappa shape index (κ3) is 2.09. The number of hydrogen-bond donors (Lipinski definition) is 1. The molecule has 3 rings (SSSR count). The van der Waals surface area contributed by atoms with Gasteiger partial charge in [0, 0.05) is 6.54 Å². The predicted molar refractivity (Wildman–Crippen MR) is 69.8 cm³/mol. The van der Waals surface area contributed by atoms with Crippen LogP contribution in [-0.2, 0) is 9.59 Å². The molecule has 19 heavy (non-hydrogen) atoms. The highest BCUT2D eigenvalue weighted by Crippen LogP contribution is 2.28. The molecule has 2 atom stereocenters. The molecule has 0 aromatic rings. The Morgan fingerprint density at radius 1 is 1.37 bits per heavy atom. The normalized spacial score (nSPS) is 29.9. The number of nitrogens with zero attached hydrogens (tertiary/aromatic N) is 2. The summed E-state index contributed by atoms with van der Waals surface area (Å²) < 4.78 is 0. The van der Waals surface area contributed by atoms with Crippen molar-refractivity contribution in [2.75, 3.05) is 6.54 Å². The first-order valence-corrected chi connectivity index (χ1v) is 6.68. The first-order chi connectivity index (χ1) is 9.16. The van der Waals surface area contributed by atoms with Crippen molar-refractivity contribution >= 4 is 17.6 Å². The average Bonchev–Trinajstić information content (AvgIpc) is 2.63. The third-order valence-corrected chi connectivity index (χ3v) is 3.91. The summed E-state index contributed by atoms with van der Waals surface area (Å²) in [5, 5.41) is 9.00. The second-order valence-electron chi connectivity index (χ2n) is 5.16. The lowest BCUT2D eigenvalue weighted by molar-refractivity contribution is -0.135. The van der Waals surface area contributed by atoms with Gasteiger partial charge in [-0.2, -0.15) is 0 Å². The molecule has 0 bridgehead atoms. The number of fused-ring (bicyclic) bond motifs is 2. The van der Waals surface area contributed by atoms with Crippen LogP contribution in [0.4, 0.5) is 0 Å². The van der Waals surface area contributed by atoms with Crippen LogP contribution in [0.3, 0.4) is 0 Å². The third-order valence-electron chi connectivity index (χ3n) is 3.91. The minimum absolute atomic E-state index is 0.0637. The van der Waals surface area contributed by atoms with Gasteiger partial charge in [-0.05, 0) is 25.3 Å². The van der Waals surface area contributed by atoms with Gasteiger partial charge in [0.05, 0.1) is 17.2 Å². The topological polar surface area (TPSA) is 70.0 Å². The molecule has 1 saturated heterocycles. The summed E-state index contributed by atoms with van der Waals surface area (Å²) in [5.74, 6) is -1.31. The maximum atomic E-state index is 12.4. The van der Waals surface area contributed by atoms with Gasteiger partial charge in [-0.1, -0.05) is 18.6 Å². The van der Waals surface area contributed by atoms with Crippen molar-refractivity contribution in [3.8, 4) is 0 Å². The van der Waals surface area contributed by atoms with E-state index in [0.717, 1.165) is 32.2 Å². The van der Waals surface area contributed by atoms with Crippen LogP contribution in [0.5, 0.6) is 0 Å². The van der Waals surface area contributed by atoms with Crippen molar-refractivity contribution in [3.63, 3.8) is 0 Å². The zero-order valence-corrected chi connectivity index (χ0v) is 10.6. The van der Waals surface area contributed by atoms with Crippen molar-refractivity contribution in [3.05, 3.63) is 23.8 Å². The SMILES string of the molecule is O=C(O)C1=CC2=N[C@H]3CCCCCN3C(=O)[C@@H]2C=C1. The van der Waals surface area contributed by atoms with Crippen LogP contribution >= 0.6 is 0 Å². The molecule has 3 aliphatic rings. The molecule has 0 spiro atoms. The molecular weight excluding hydrogens is 244 g/mol. The van der Waals surface area contributed by atoms with Gasteiger partial charge in [-0.3, -0.25) is 9.79 Å². The van der Waals surface area contributed by atoms with Gasteiger partial charge in [-0.15, -0.1) is 0 Å². The Kier molecular flexibility index (Phi) is 2.97. The molecule has 5 nitrogen and oxygen atoms in total. The molecule has 0 radical (unpaired) electrons. The highest BCUT2D eigenvalue weighted by molar-refractivity contribution is 6.16. The fourth-order valence-electron chi connectivity index (χ4n) is 2.89. The van der Waals surface area contributed by atoms with Crippen LogP contribution in [0.2, 0.25) is 0 Å². The van der Waals surface area contributed by atoms with E-state index in [1.807, 2.05) is 4.90 Å². The highest BCUT2D eigenvalue weighted by Gasteiger charge is 2.37. The zero-order chi connectivity index (χ0) is 13.4. The summed E-state index contributed by atoms with van der Waals surface area (Å²) in [5.41, 5.74) is 0.804. The first kappa shape index (κ1) is 12.1. The van der Waals surface area contributed by atoms with Crippen LogP contribution in [0.25, 0.3) is 0 Å². The maximum absolute atomic E-state index is 12.4. The molecule has 1 aliphatic carbocycles. The lowest BCUT2D eigenvalue weighted by Crippen LogP contribution is -2.48. The Bertz CT molecular complexity index is 519. The molecule has 1 fully saturated rings. The lowest BCUT2D eigenvalue weighted by Gasteiger charge is -2.35. The molecule has 0 aromatic heterocycles. The van der Waals surface area contributed by atoms with E-state index < -0.39 is 11.9 Å². The van der Waals surface area contributed by atoms with Gasteiger partial charge in [0.25, 0.3) is 0 Å². The van der Waals surface area contributed by atoms with E-state index in [1.54, 1.807) is 6.08 Å². The number of hydrogen-bond acceptors (Lipinski definition) is 3. The van der Waals surface area contributed by atoms with Crippen LogP contribution < -0.4 is 0 Å². The molecule has 0 unspecified atom stereocenters. The summed E-state index contributed by atoms with van der Waals surface area (Å²) >= 11 is 0. The number of rotatable bonds is 1. The largest absolute Gasteiger partial charge is 0.478 e. The maximum Gasteiger partial charge on any atom is 0.335 e. The fourth-order valence-corrected chi connectivity index (χ4v) is 2.89. The predicted octanol–water partition coefficient (Wildman–Crippen LogP) is 1.37. The van der Waals surface area contributed by atoms with Crippen LogP contribution in [0, 0.1) is 5.92 Å². The number of carboxylic acid groups (broad SMARTS) is 1. The number of allylic oxidation sites excluding steroid dienone is 1. The minimum Gasteiger partial charge on any atom is -0.478 e. The summed E-state index contributed by atoms with van der Waals surface area (Å²) in [7, 11) is 0. The Morgan fingerprint density at radius 3 is 3.00 bits per heavy atom. The van der Waals surface area contributed by atoms with Crippen molar-refractivity contribution in [1.29, 1.82) is 0 Å². The molecule has 5 heteroatoms. The summed E-state index contributed by atoms with van der Waals surface area (Å²) in [6.45, 7) is 0.764.